The summed E-state index contributed by atoms with van der Waals surface area (Å²) in [5, 5.41) is 0.741. The summed E-state index contributed by atoms with van der Waals surface area (Å²) in [6, 6.07) is 12.1. The number of carbonyl (C=O) groups is 1. The zero-order valence-electron chi connectivity index (χ0n) is 14.0. The van der Waals surface area contributed by atoms with Crippen LogP contribution in [0.1, 0.15) is 21.9 Å². The summed E-state index contributed by atoms with van der Waals surface area (Å²) >= 11 is 22.2. The number of hydrogen-bond donors (Lipinski definition) is 0. The van der Waals surface area contributed by atoms with E-state index >= 15 is 0 Å². The highest BCUT2D eigenvalue weighted by Crippen LogP contribution is 2.37. The minimum absolute atomic E-state index is 0.199. The molecule has 0 saturated carbocycles. The number of benzene rings is 2. The first-order valence-corrected chi connectivity index (χ1v) is 11.0. The molecule has 1 heterocycles. The normalized spacial score (nSPS) is 11.2. The molecule has 2 aromatic carbocycles. The van der Waals surface area contributed by atoms with E-state index in [9.17, 15) is 4.79 Å². The average molecular weight is 610 g/mol. The van der Waals surface area contributed by atoms with Crippen LogP contribution >= 0.6 is 71.0 Å². The molecule has 3 rings (SSSR count). The van der Waals surface area contributed by atoms with Gasteiger partial charge in [-0.3, -0.25) is 4.79 Å². The number of rotatable bonds is 6. The highest BCUT2D eigenvalue weighted by atomic mass is 79.9. The lowest BCUT2D eigenvalue weighted by Gasteiger charge is -2.09. The summed E-state index contributed by atoms with van der Waals surface area (Å²) in [5.74, 6) is 1.64. The molecule has 1 aromatic heterocycles. The molecule has 0 radical (unpaired) electrons. The van der Waals surface area contributed by atoms with Crippen molar-refractivity contribution in [3.63, 3.8) is 0 Å². The van der Waals surface area contributed by atoms with Crippen LogP contribution < -0.4 is 4.74 Å². The zero-order valence-corrected chi connectivity index (χ0v) is 20.3. The van der Waals surface area contributed by atoms with Crippen molar-refractivity contribution in [2.45, 2.75) is 6.61 Å². The molecule has 3 nitrogen and oxygen atoms in total. The van der Waals surface area contributed by atoms with Crippen LogP contribution in [0.4, 0.5) is 0 Å². The quantitative estimate of drug-likeness (QED) is 0.208. The van der Waals surface area contributed by atoms with Crippen molar-refractivity contribution in [2.24, 2.45) is 0 Å². The number of hydrogen-bond acceptors (Lipinski definition) is 3. The fourth-order valence-electron chi connectivity index (χ4n) is 2.28. The number of halogens is 5. The molecule has 3 aromatic rings. The molecule has 28 heavy (non-hydrogen) atoms. The van der Waals surface area contributed by atoms with Crippen LogP contribution in [0, 0.1) is 0 Å². The summed E-state index contributed by atoms with van der Waals surface area (Å²) in [4.78, 5) is 12.2. The van der Waals surface area contributed by atoms with E-state index in [0.717, 1.165) is 13.4 Å². The predicted molar refractivity (Wildman–Crippen MR) is 122 cm³/mol. The first-order valence-electron chi connectivity index (χ1n) is 7.87. The lowest BCUT2D eigenvalue weighted by molar-refractivity contribution is 0.104. The summed E-state index contributed by atoms with van der Waals surface area (Å²) < 4.78 is 14.1. The first kappa shape index (κ1) is 21.7. The Labute approximate surface area is 197 Å². The molecule has 0 fully saturated rings. The van der Waals surface area contributed by atoms with Crippen LogP contribution in [0.15, 0.2) is 66.4 Å². The third kappa shape index (κ3) is 5.51. The van der Waals surface area contributed by atoms with Gasteiger partial charge in [-0.05, 0) is 86.5 Å². The number of allylic oxidation sites excluding steroid dienone is 1. The Bertz CT molecular complexity index is 1040. The Kier molecular flexibility index (Phi) is 7.45. The maximum Gasteiger partial charge on any atom is 0.186 e. The van der Waals surface area contributed by atoms with Gasteiger partial charge in [-0.25, -0.2) is 0 Å². The molecule has 0 atom stereocenters. The fourth-order valence-corrected chi connectivity index (χ4v) is 5.06. The Morgan fingerprint density at radius 2 is 1.71 bits per heavy atom. The van der Waals surface area contributed by atoms with Crippen LogP contribution in [0.5, 0.6) is 5.75 Å². The summed E-state index contributed by atoms with van der Waals surface area (Å²) in [6.07, 6.45) is 3.02. The topological polar surface area (TPSA) is 39.4 Å². The number of furan rings is 1. The molecular weight excluding hydrogens is 599 g/mol. The van der Waals surface area contributed by atoms with E-state index < -0.39 is 0 Å². The summed E-state index contributed by atoms with van der Waals surface area (Å²) in [5.41, 5.74) is 0.450. The first-order chi connectivity index (χ1) is 13.3. The number of ketones is 1. The third-order valence-corrected chi connectivity index (χ3v) is 5.98. The van der Waals surface area contributed by atoms with Crippen molar-refractivity contribution in [2.75, 3.05) is 0 Å². The Morgan fingerprint density at radius 1 is 1.00 bits per heavy atom. The molecule has 0 aliphatic carbocycles. The Hall–Kier alpha value is -1.05. The van der Waals surface area contributed by atoms with Crippen LogP contribution in [0.25, 0.3) is 6.08 Å². The van der Waals surface area contributed by atoms with Crippen molar-refractivity contribution in [3.8, 4) is 5.75 Å². The smallest absolute Gasteiger partial charge is 0.186 e. The van der Waals surface area contributed by atoms with Gasteiger partial charge in [-0.1, -0.05) is 39.1 Å². The van der Waals surface area contributed by atoms with Gasteiger partial charge in [0.25, 0.3) is 0 Å². The highest BCUT2D eigenvalue weighted by Gasteiger charge is 2.10. The standard InChI is InChI=1S/C20H11Br3Cl2O3/c21-12-8-15(22)20(16(23)9-12)27-10-14-3-2-13(28-14)4-6-19(26)11-1-5-17(24)18(25)7-11/h1-9H,10H2/b6-4+. The molecule has 0 N–H and O–H groups in total. The molecule has 144 valence electrons. The summed E-state index contributed by atoms with van der Waals surface area (Å²) in [7, 11) is 0. The molecule has 0 bridgehead atoms. The molecule has 8 heteroatoms. The SMILES string of the molecule is O=C(/C=C/c1ccc(COc2c(Br)cc(Br)cc2Br)o1)c1ccc(Cl)c(Cl)c1. The molecule has 0 unspecified atom stereocenters. The van der Waals surface area contributed by atoms with E-state index in [1.165, 1.54) is 12.1 Å². The van der Waals surface area contributed by atoms with Gasteiger partial charge in [0, 0.05) is 10.0 Å². The maximum atomic E-state index is 12.2. The van der Waals surface area contributed by atoms with Crippen LogP contribution in [0.3, 0.4) is 0 Å². The second-order valence-electron chi connectivity index (χ2n) is 5.62. The molecular formula is C20H11Br3Cl2O3. The Balaban J connectivity index is 1.65. The van der Waals surface area contributed by atoms with Gasteiger partial charge in [0.1, 0.15) is 23.9 Å². The largest absolute Gasteiger partial charge is 0.483 e. The third-order valence-electron chi connectivity index (χ3n) is 3.61. The number of ether oxygens (including phenoxy) is 1. The van der Waals surface area contributed by atoms with Gasteiger partial charge in [0.15, 0.2) is 5.78 Å². The van der Waals surface area contributed by atoms with Crippen molar-refractivity contribution in [1.29, 1.82) is 0 Å². The second kappa shape index (κ2) is 9.63. The lowest BCUT2D eigenvalue weighted by Crippen LogP contribution is -1.95. The van der Waals surface area contributed by atoms with Crippen LogP contribution in [-0.4, -0.2) is 5.78 Å². The van der Waals surface area contributed by atoms with Crippen molar-refractivity contribution in [3.05, 3.63) is 89.1 Å². The molecule has 0 aliphatic heterocycles. The molecule has 0 amide bonds. The van der Waals surface area contributed by atoms with Crippen LogP contribution in [0.2, 0.25) is 10.0 Å². The van der Waals surface area contributed by atoms with Crippen LogP contribution in [-0.2, 0) is 6.61 Å². The monoisotopic (exact) mass is 606 g/mol. The highest BCUT2D eigenvalue weighted by molar-refractivity contribution is 9.11. The van der Waals surface area contributed by atoms with Gasteiger partial charge in [-0.15, -0.1) is 0 Å². The van der Waals surface area contributed by atoms with E-state index in [-0.39, 0.29) is 12.4 Å². The Morgan fingerprint density at radius 3 is 2.39 bits per heavy atom. The average Bonchev–Trinajstić information content (AvgIpc) is 3.09. The van der Waals surface area contributed by atoms with E-state index in [2.05, 4.69) is 47.8 Å². The van der Waals surface area contributed by atoms with E-state index in [4.69, 9.17) is 32.4 Å². The molecule has 0 aliphatic rings. The van der Waals surface area contributed by atoms with Crippen molar-refractivity contribution < 1.29 is 13.9 Å². The van der Waals surface area contributed by atoms with Gasteiger partial charge in [0.2, 0.25) is 0 Å². The minimum Gasteiger partial charge on any atom is -0.483 e. The lowest BCUT2D eigenvalue weighted by atomic mass is 10.1. The minimum atomic E-state index is -0.199. The molecule has 0 saturated heterocycles. The van der Waals surface area contributed by atoms with Gasteiger partial charge < -0.3 is 9.15 Å². The maximum absolute atomic E-state index is 12.2. The fraction of sp³-hybridized carbons (Fsp3) is 0.0500. The van der Waals surface area contributed by atoms with Gasteiger partial charge >= 0.3 is 0 Å². The van der Waals surface area contributed by atoms with E-state index in [1.807, 2.05) is 12.1 Å². The predicted octanol–water partition coefficient (Wildman–Crippen LogP) is 8.35. The number of carbonyl (C=O) groups excluding carboxylic acids is 1. The second-order valence-corrected chi connectivity index (χ2v) is 9.06. The zero-order chi connectivity index (χ0) is 20.3. The van der Waals surface area contributed by atoms with E-state index in [0.29, 0.717) is 32.9 Å². The van der Waals surface area contributed by atoms with Gasteiger partial charge in [-0.2, -0.15) is 0 Å². The van der Waals surface area contributed by atoms with E-state index in [1.54, 1.807) is 30.3 Å². The van der Waals surface area contributed by atoms with Crippen molar-refractivity contribution >= 4 is 82.9 Å². The summed E-state index contributed by atoms with van der Waals surface area (Å²) in [6.45, 7) is 0.243. The van der Waals surface area contributed by atoms with Gasteiger partial charge in [0.05, 0.1) is 19.0 Å². The van der Waals surface area contributed by atoms with Crippen molar-refractivity contribution in [1.82, 2.24) is 0 Å². The molecule has 0 spiro atoms.